The van der Waals surface area contributed by atoms with Gasteiger partial charge in [-0.25, -0.2) is 0 Å². The third-order valence-corrected chi connectivity index (χ3v) is 2.03. The summed E-state index contributed by atoms with van der Waals surface area (Å²) in [6.07, 6.45) is -4.36. The molecule has 0 aliphatic carbocycles. The van der Waals surface area contributed by atoms with Crippen LogP contribution in [0.3, 0.4) is 0 Å². The van der Waals surface area contributed by atoms with Crippen molar-refractivity contribution < 1.29 is 13.2 Å². The molecule has 84 valence electrons. The van der Waals surface area contributed by atoms with Gasteiger partial charge >= 0.3 is 6.18 Å². The number of anilines is 1. The van der Waals surface area contributed by atoms with Gasteiger partial charge in [-0.1, -0.05) is 17.7 Å². The smallest absolute Gasteiger partial charge is 0.373 e. The third-order valence-electron chi connectivity index (χ3n) is 1.80. The van der Waals surface area contributed by atoms with Crippen molar-refractivity contribution in [1.29, 1.82) is 0 Å². The second kappa shape index (κ2) is 4.72. The van der Waals surface area contributed by atoms with Crippen LogP contribution in [0, 0.1) is 0 Å². The van der Waals surface area contributed by atoms with Crippen molar-refractivity contribution >= 4 is 17.3 Å². The van der Waals surface area contributed by atoms with Gasteiger partial charge in [0.25, 0.3) is 0 Å². The van der Waals surface area contributed by atoms with E-state index in [1.165, 1.54) is 12.1 Å². The van der Waals surface area contributed by atoms with Crippen molar-refractivity contribution in [2.45, 2.75) is 12.2 Å². The highest BCUT2D eigenvalue weighted by Crippen LogP contribution is 2.24. The van der Waals surface area contributed by atoms with Crippen LogP contribution in [-0.2, 0) is 0 Å². The van der Waals surface area contributed by atoms with E-state index in [1.807, 2.05) is 0 Å². The minimum absolute atomic E-state index is 0.301. The fourth-order valence-electron chi connectivity index (χ4n) is 1.05. The van der Waals surface area contributed by atoms with Crippen LogP contribution in [0.25, 0.3) is 0 Å². The Labute approximate surface area is 90.2 Å². The summed E-state index contributed by atoms with van der Waals surface area (Å²) in [6.45, 7) is -0.518. The van der Waals surface area contributed by atoms with E-state index in [-0.39, 0.29) is 0 Å². The van der Waals surface area contributed by atoms with Crippen LogP contribution in [0.15, 0.2) is 24.3 Å². The molecule has 0 aliphatic heterocycles. The lowest BCUT2D eigenvalue weighted by molar-refractivity contribution is -0.140. The highest BCUT2D eigenvalue weighted by Gasteiger charge is 2.38. The lowest BCUT2D eigenvalue weighted by atomic mass is 10.2. The number of hydrogen-bond acceptors (Lipinski definition) is 2. The molecule has 0 aromatic heterocycles. The second-order valence-electron chi connectivity index (χ2n) is 2.98. The average Bonchev–Trinajstić information content (AvgIpc) is 2.12. The molecule has 0 saturated heterocycles. The van der Waals surface area contributed by atoms with Gasteiger partial charge in [-0.2, -0.15) is 13.2 Å². The summed E-state index contributed by atoms with van der Waals surface area (Å²) in [5.41, 5.74) is 5.33. The molecule has 0 saturated carbocycles. The fourth-order valence-corrected chi connectivity index (χ4v) is 1.24. The van der Waals surface area contributed by atoms with Gasteiger partial charge in [0.2, 0.25) is 0 Å². The maximum absolute atomic E-state index is 12.3. The summed E-state index contributed by atoms with van der Waals surface area (Å²) in [7, 11) is 0. The van der Waals surface area contributed by atoms with E-state index in [1.54, 1.807) is 12.1 Å². The summed E-state index contributed by atoms with van der Waals surface area (Å²) < 4.78 is 37.0. The Bertz CT molecular complexity index is 327. The Morgan fingerprint density at radius 1 is 1.40 bits per heavy atom. The number of rotatable bonds is 3. The lowest BCUT2D eigenvalue weighted by Crippen LogP contribution is -2.42. The van der Waals surface area contributed by atoms with Gasteiger partial charge in [-0.15, -0.1) is 0 Å². The summed E-state index contributed by atoms with van der Waals surface area (Å²) in [6, 6.07) is 4.30. The van der Waals surface area contributed by atoms with Crippen LogP contribution in [0.4, 0.5) is 18.9 Å². The fraction of sp³-hybridized carbons (Fsp3) is 0.333. The summed E-state index contributed by atoms with van der Waals surface area (Å²) in [5.74, 6) is 0. The van der Waals surface area contributed by atoms with E-state index in [0.717, 1.165) is 0 Å². The normalized spacial score (nSPS) is 13.7. The molecule has 3 N–H and O–H groups in total. The first-order chi connectivity index (χ1) is 6.93. The zero-order valence-corrected chi connectivity index (χ0v) is 8.44. The summed E-state index contributed by atoms with van der Waals surface area (Å²) >= 11 is 5.63. The summed E-state index contributed by atoms with van der Waals surface area (Å²) in [4.78, 5) is 0. The first kappa shape index (κ1) is 12.1. The number of hydrogen-bond donors (Lipinski definition) is 2. The molecule has 0 heterocycles. The highest BCUT2D eigenvalue weighted by molar-refractivity contribution is 6.30. The Kier molecular flexibility index (Phi) is 3.82. The van der Waals surface area contributed by atoms with Crippen molar-refractivity contribution in [3.63, 3.8) is 0 Å². The van der Waals surface area contributed by atoms with Crippen molar-refractivity contribution in [2.75, 3.05) is 11.9 Å². The lowest BCUT2D eigenvalue weighted by Gasteiger charge is -2.20. The second-order valence-corrected chi connectivity index (χ2v) is 3.42. The van der Waals surface area contributed by atoms with E-state index in [4.69, 9.17) is 17.3 Å². The quantitative estimate of drug-likeness (QED) is 0.850. The van der Waals surface area contributed by atoms with E-state index < -0.39 is 18.8 Å². The third kappa shape index (κ3) is 3.60. The molecule has 1 aromatic carbocycles. The molecule has 15 heavy (non-hydrogen) atoms. The predicted molar refractivity (Wildman–Crippen MR) is 54.0 cm³/mol. The zero-order chi connectivity index (χ0) is 11.5. The molecule has 0 bridgehead atoms. The maximum atomic E-state index is 12.3. The zero-order valence-electron chi connectivity index (χ0n) is 7.68. The van der Waals surface area contributed by atoms with E-state index in [0.29, 0.717) is 10.7 Å². The Hall–Kier alpha value is -0.940. The minimum Gasteiger partial charge on any atom is -0.373 e. The molecular weight excluding hydrogens is 229 g/mol. The Balaban J connectivity index is 2.76. The van der Waals surface area contributed by atoms with Crippen molar-refractivity contribution in [3.8, 4) is 0 Å². The molecule has 2 nitrogen and oxygen atoms in total. The van der Waals surface area contributed by atoms with Crippen LogP contribution >= 0.6 is 11.6 Å². The first-order valence-electron chi connectivity index (χ1n) is 4.22. The molecule has 0 aliphatic rings. The predicted octanol–water partition coefficient (Wildman–Crippen LogP) is 2.64. The van der Waals surface area contributed by atoms with Crippen molar-refractivity contribution in [1.82, 2.24) is 0 Å². The molecule has 0 radical (unpaired) electrons. The van der Waals surface area contributed by atoms with Gasteiger partial charge < -0.3 is 11.1 Å². The number of benzene rings is 1. The van der Waals surface area contributed by atoms with Gasteiger partial charge in [-0.05, 0) is 18.2 Å². The monoisotopic (exact) mass is 238 g/mol. The van der Waals surface area contributed by atoms with E-state index >= 15 is 0 Å². The molecule has 1 atom stereocenters. The van der Waals surface area contributed by atoms with E-state index in [9.17, 15) is 13.2 Å². The molecular formula is C9H10ClF3N2. The number of nitrogens with one attached hydrogen (secondary N) is 1. The van der Waals surface area contributed by atoms with Gasteiger partial charge in [0, 0.05) is 17.3 Å². The van der Waals surface area contributed by atoms with Gasteiger partial charge in [0.05, 0.1) is 0 Å². The highest BCUT2D eigenvalue weighted by atomic mass is 35.5. The largest absolute Gasteiger partial charge is 0.409 e. The van der Waals surface area contributed by atoms with E-state index in [2.05, 4.69) is 5.32 Å². The number of alkyl halides is 3. The van der Waals surface area contributed by atoms with Crippen LogP contribution in [0.5, 0.6) is 0 Å². The molecule has 1 unspecified atom stereocenters. The van der Waals surface area contributed by atoms with Crippen LogP contribution in [-0.4, -0.2) is 18.8 Å². The van der Waals surface area contributed by atoms with Crippen molar-refractivity contribution in [3.05, 3.63) is 29.3 Å². The molecule has 6 heteroatoms. The van der Waals surface area contributed by atoms with Gasteiger partial charge in [0.1, 0.15) is 6.04 Å². The van der Waals surface area contributed by atoms with Crippen LogP contribution < -0.4 is 11.1 Å². The topological polar surface area (TPSA) is 38.0 Å². The maximum Gasteiger partial charge on any atom is 0.409 e. The average molecular weight is 239 g/mol. The first-order valence-corrected chi connectivity index (χ1v) is 4.60. The van der Waals surface area contributed by atoms with Crippen molar-refractivity contribution in [2.24, 2.45) is 5.73 Å². The number of halogens is 4. The molecule has 1 aromatic rings. The minimum atomic E-state index is -4.36. The Morgan fingerprint density at radius 2 is 2.07 bits per heavy atom. The summed E-state index contributed by atoms with van der Waals surface area (Å²) in [5, 5.41) is 2.65. The van der Waals surface area contributed by atoms with Gasteiger partial charge in [0.15, 0.2) is 0 Å². The number of nitrogens with two attached hydrogens (primary N) is 1. The molecule has 1 rings (SSSR count). The SMILES string of the molecule is NCC(Nc1cccc(Cl)c1)C(F)(F)F. The standard InChI is InChI=1S/C9H10ClF3N2/c10-6-2-1-3-7(4-6)15-8(5-14)9(11,12)13/h1-4,8,15H,5,14H2. The van der Waals surface area contributed by atoms with Crippen LogP contribution in [0.1, 0.15) is 0 Å². The molecule has 0 spiro atoms. The van der Waals surface area contributed by atoms with Gasteiger partial charge in [-0.3, -0.25) is 0 Å². The molecule has 0 amide bonds. The Morgan fingerprint density at radius 3 is 2.53 bits per heavy atom. The molecule has 0 fully saturated rings. The van der Waals surface area contributed by atoms with Crippen LogP contribution in [0.2, 0.25) is 5.02 Å².